The summed E-state index contributed by atoms with van der Waals surface area (Å²) in [6, 6.07) is 5.18. The van der Waals surface area contributed by atoms with Gasteiger partial charge >= 0.3 is 5.97 Å². The summed E-state index contributed by atoms with van der Waals surface area (Å²) in [4.78, 5) is 10.9. The van der Waals surface area contributed by atoms with Crippen LogP contribution < -0.4 is 10.5 Å². The molecule has 0 fully saturated rings. The lowest BCUT2D eigenvalue weighted by atomic mass is 10.1. The van der Waals surface area contributed by atoms with Gasteiger partial charge in [-0.25, -0.2) is 0 Å². The summed E-state index contributed by atoms with van der Waals surface area (Å²) in [5.41, 5.74) is 6.71. The van der Waals surface area contributed by atoms with Gasteiger partial charge in [-0.3, -0.25) is 4.79 Å². The maximum atomic E-state index is 10.9. The molecular weight excluding hydrogens is 254 g/mol. The first kappa shape index (κ1) is 14.8. The summed E-state index contributed by atoms with van der Waals surface area (Å²) in [6.07, 6.45) is 0.950. The molecule has 1 aromatic rings. The van der Waals surface area contributed by atoms with E-state index in [0.717, 1.165) is 5.56 Å². The van der Waals surface area contributed by atoms with Crippen molar-refractivity contribution in [2.45, 2.75) is 25.8 Å². The maximum Gasteiger partial charge on any atom is 0.305 e. The van der Waals surface area contributed by atoms with Gasteiger partial charge in [-0.15, -0.1) is 0 Å². The molecular formula is C13H18ClNO3. The second-order valence-corrected chi connectivity index (χ2v) is 4.44. The zero-order valence-corrected chi connectivity index (χ0v) is 11.4. The Labute approximate surface area is 112 Å². The summed E-state index contributed by atoms with van der Waals surface area (Å²) < 4.78 is 10.2. The van der Waals surface area contributed by atoms with Crippen molar-refractivity contribution in [3.8, 4) is 5.75 Å². The number of ether oxygens (including phenoxy) is 2. The molecule has 100 valence electrons. The second-order valence-electron chi connectivity index (χ2n) is 4.00. The van der Waals surface area contributed by atoms with Gasteiger partial charge in [-0.2, -0.15) is 0 Å². The van der Waals surface area contributed by atoms with Crippen LogP contribution in [0.5, 0.6) is 5.75 Å². The Bertz CT molecular complexity index is 407. The van der Waals surface area contributed by atoms with E-state index in [4.69, 9.17) is 22.1 Å². The number of carbonyl (C=O) groups excluding carboxylic acids is 1. The highest BCUT2D eigenvalue weighted by Gasteiger charge is 2.09. The fourth-order valence-corrected chi connectivity index (χ4v) is 1.69. The van der Waals surface area contributed by atoms with E-state index in [9.17, 15) is 4.79 Å². The van der Waals surface area contributed by atoms with Gasteiger partial charge in [0.05, 0.1) is 13.7 Å². The lowest BCUT2D eigenvalue weighted by Gasteiger charge is -2.14. The van der Waals surface area contributed by atoms with E-state index >= 15 is 0 Å². The van der Waals surface area contributed by atoms with Crippen molar-refractivity contribution in [2.75, 3.05) is 13.7 Å². The largest absolute Gasteiger partial charge is 0.493 e. The highest BCUT2D eigenvalue weighted by molar-refractivity contribution is 6.30. The summed E-state index contributed by atoms with van der Waals surface area (Å²) in [7, 11) is 1.37. The molecule has 0 aromatic heterocycles. The van der Waals surface area contributed by atoms with Gasteiger partial charge < -0.3 is 15.2 Å². The number of halogens is 1. The number of rotatable bonds is 6. The third-order valence-electron chi connectivity index (χ3n) is 2.47. The van der Waals surface area contributed by atoms with Crippen LogP contribution in [0.25, 0.3) is 0 Å². The fraction of sp³-hybridized carbons (Fsp3) is 0.462. The van der Waals surface area contributed by atoms with Crippen molar-refractivity contribution in [1.82, 2.24) is 0 Å². The Hall–Kier alpha value is -1.26. The number of methoxy groups -OCH3 is 1. The van der Waals surface area contributed by atoms with Crippen LogP contribution in [-0.2, 0) is 9.53 Å². The molecule has 18 heavy (non-hydrogen) atoms. The van der Waals surface area contributed by atoms with Crippen LogP contribution in [0, 0.1) is 0 Å². The summed E-state index contributed by atoms with van der Waals surface area (Å²) >= 11 is 5.91. The molecule has 0 heterocycles. The van der Waals surface area contributed by atoms with E-state index < -0.39 is 0 Å². The molecule has 0 aliphatic carbocycles. The number of hydrogen-bond acceptors (Lipinski definition) is 4. The molecule has 1 aromatic carbocycles. The topological polar surface area (TPSA) is 61.5 Å². The summed E-state index contributed by atoms with van der Waals surface area (Å²) in [5, 5.41) is 0.629. The standard InChI is InChI=1S/C13H18ClNO3/c1-9(15)11-8-10(14)5-6-12(11)18-7-3-4-13(16)17-2/h5-6,8-9H,3-4,7,15H2,1-2H3/t9-/m1/s1. The van der Waals surface area contributed by atoms with Crippen LogP contribution in [0.1, 0.15) is 31.4 Å². The van der Waals surface area contributed by atoms with Crippen LogP contribution >= 0.6 is 11.6 Å². The van der Waals surface area contributed by atoms with E-state index in [0.29, 0.717) is 30.2 Å². The number of benzene rings is 1. The lowest BCUT2D eigenvalue weighted by Crippen LogP contribution is -2.09. The quantitative estimate of drug-likeness (QED) is 0.638. The Morgan fingerprint density at radius 2 is 2.22 bits per heavy atom. The number of esters is 1. The van der Waals surface area contributed by atoms with Gasteiger partial charge in [0.25, 0.3) is 0 Å². The highest BCUT2D eigenvalue weighted by atomic mass is 35.5. The number of carbonyl (C=O) groups is 1. The first-order chi connectivity index (χ1) is 8.54. The Morgan fingerprint density at radius 1 is 1.50 bits per heavy atom. The van der Waals surface area contributed by atoms with Crippen molar-refractivity contribution in [1.29, 1.82) is 0 Å². The molecule has 0 aliphatic heterocycles. The molecule has 0 aliphatic rings. The average Bonchev–Trinajstić information content (AvgIpc) is 2.35. The SMILES string of the molecule is COC(=O)CCCOc1ccc(Cl)cc1[C@@H](C)N. The molecule has 0 amide bonds. The summed E-state index contributed by atoms with van der Waals surface area (Å²) in [5.74, 6) is 0.474. The average molecular weight is 272 g/mol. The van der Waals surface area contributed by atoms with Crippen LogP contribution in [0.3, 0.4) is 0 Å². The Morgan fingerprint density at radius 3 is 2.83 bits per heavy atom. The van der Waals surface area contributed by atoms with E-state index in [1.54, 1.807) is 18.2 Å². The van der Waals surface area contributed by atoms with Crippen LogP contribution in [0.4, 0.5) is 0 Å². The van der Waals surface area contributed by atoms with Crippen molar-refractivity contribution in [2.24, 2.45) is 5.73 Å². The Kier molecular flexibility index (Phi) is 5.95. The third-order valence-corrected chi connectivity index (χ3v) is 2.71. The zero-order chi connectivity index (χ0) is 13.5. The van der Waals surface area contributed by atoms with E-state index in [1.807, 2.05) is 6.92 Å². The molecule has 4 nitrogen and oxygen atoms in total. The molecule has 1 atom stereocenters. The van der Waals surface area contributed by atoms with Crippen LogP contribution in [0.2, 0.25) is 5.02 Å². The molecule has 0 spiro atoms. The molecule has 2 N–H and O–H groups in total. The predicted molar refractivity (Wildman–Crippen MR) is 70.8 cm³/mol. The Balaban J connectivity index is 2.54. The lowest BCUT2D eigenvalue weighted by molar-refractivity contribution is -0.140. The molecule has 0 saturated heterocycles. The minimum Gasteiger partial charge on any atom is -0.493 e. The second kappa shape index (κ2) is 7.24. The normalized spacial score (nSPS) is 12.0. The molecule has 0 saturated carbocycles. The first-order valence-electron chi connectivity index (χ1n) is 5.79. The number of hydrogen-bond donors (Lipinski definition) is 1. The van der Waals surface area contributed by atoms with Gasteiger partial charge in [0.15, 0.2) is 0 Å². The fourth-order valence-electron chi connectivity index (χ4n) is 1.51. The van der Waals surface area contributed by atoms with Gasteiger partial charge in [0.2, 0.25) is 0 Å². The smallest absolute Gasteiger partial charge is 0.305 e. The zero-order valence-electron chi connectivity index (χ0n) is 10.6. The van der Waals surface area contributed by atoms with Crippen molar-refractivity contribution >= 4 is 17.6 Å². The minimum atomic E-state index is -0.234. The van der Waals surface area contributed by atoms with Gasteiger partial charge in [0.1, 0.15) is 5.75 Å². The summed E-state index contributed by atoms with van der Waals surface area (Å²) in [6.45, 7) is 2.31. The van der Waals surface area contributed by atoms with Gasteiger partial charge in [-0.1, -0.05) is 11.6 Å². The van der Waals surface area contributed by atoms with Crippen LogP contribution in [0.15, 0.2) is 18.2 Å². The minimum absolute atomic E-state index is 0.153. The third kappa shape index (κ3) is 4.55. The highest BCUT2D eigenvalue weighted by Crippen LogP contribution is 2.27. The first-order valence-corrected chi connectivity index (χ1v) is 6.17. The van der Waals surface area contributed by atoms with Crippen molar-refractivity contribution in [3.05, 3.63) is 28.8 Å². The predicted octanol–water partition coefficient (Wildman–Crippen LogP) is 2.69. The molecule has 0 unspecified atom stereocenters. The van der Waals surface area contributed by atoms with E-state index in [1.165, 1.54) is 7.11 Å². The molecule has 0 bridgehead atoms. The van der Waals surface area contributed by atoms with E-state index in [2.05, 4.69) is 4.74 Å². The molecule has 1 rings (SSSR count). The maximum absolute atomic E-state index is 10.9. The van der Waals surface area contributed by atoms with Crippen molar-refractivity contribution in [3.63, 3.8) is 0 Å². The van der Waals surface area contributed by atoms with Gasteiger partial charge in [0, 0.05) is 23.0 Å². The van der Waals surface area contributed by atoms with Crippen molar-refractivity contribution < 1.29 is 14.3 Å². The van der Waals surface area contributed by atoms with Crippen LogP contribution in [-0.4, -0.2) is 19.7 Å². The number of nitrogens with two attached hydrogens (primary N) is 1. The van der Waals surface area contributed by atoms with E-state index in [-0.39, 0.29) is 12.0 Å². The van der Waals surface area contributed by atoms with Gasteiger partial charge in [-0.05, 0) is 31.5 Å². The monoisotopic (exact) mass is 271 g/mol. The molecule has 0 radical (unpaired) electrons. The molecule has 5 heteroatoms.